The van der Waals surface area contributed by atoms with Crippen LogP contribution in [-0.4, -0.2) is 54.7 Å². The van der Waals surface area contributed by atoms with Gasteiger partial charge in [0.05, 0.1) is 28.9 Å². The van der Waals surface area contributed by atoms with Crippen molar-refractivity contribution in [3.63, 3.8) is 0 Å². The topological polar surface area (TPSA) is 111 Å². The highest BCUT2D eigenvalue weighted by atomic mass is 32.2. The van der Waals surface area contributed by atoms with Crippen LogP contribution in [0.4, 0.5) is 11.5 Å². The number of carbonyl (C=O) groups excluding carboxylic acids is 2. The Hall–Kier alpha value is -2.88. The number of sulfone groups is 1. The van der Waals surface area contributed by atoms with Gasteiger partial charge in [-0.05, 0) is 25.5 Å². The largest absolute Gasteiger partial charge is 0.482 e. The lowest BCUT2D eigenvalue weighted by Crippen LogP contribution is -2.40. The molecule has 1 saturated heterocycles. The van der Waals surface area contributed by atoms with Gasteiger partial charge >= 0.3 is 0 Å². The molecule has 3 heterocycles. The molecule has 9 nitrogen and oxygen atoms in total. The van der Waals surface area contributed by atoms with Gasteiger partial charge in [0.1, 0.15) is 11.6 Å². The van der Waals surface area contributed by atoms with Crippen molar-refractivity contribution in [3.8, 4) is 5.75 Å². The summed E-state index contributed by atoms with van der Waals surface area (Å²) in [6.45, 7) is 1.95. The quantitative estimate of drug-likeness (QED) is 0.784. The van der Waals surface area contributed by atoms with Crippen molar-refractivity contribution in [2.75, 3.05) is 34.9 Å². The summed E-state index contributed by atoms with van der Waals surface area (Å²) in [5.41, 5.74) is 1.34. The van der Waals surface area contributed by atoms with Crippen molar-refractivity contribution in [3.05, 3.63) is 36.0 Å². The second-order valence-corrected chi connectivity index (χ2v) is 9.50. The van der Waals surface area contributed by atoms with Crippen molar-refractivity contribution in [1.82, 2.24) is 9.78 Å². The van der Waals surface area contributed by atoms with Crippen LogP contribution in [0.2, 0.25) is 0 Å². The monoisotopic (exact) mass is 418 g/mol. The number of benzene rings is 1. The molecule has 29 heavy (non-hydrogen) atoms. The average Bonchev–Trinajstić information content (AvgIpc) is 3.22. The molecule has 2 amide bonds. The Bertz CT molecular complexity index is 1060. The lowest BCUT2D eigenvalue weighted by molar-refractivity contribution is -0.121. The SMILES string of the molecule is Cc1cc(NC(=O)CCN2C(=O)COc3ccccc32)n(C2CCS(=O)(=O)C2)n1. The van der Waals surface area contributed by atoms with Crippen LogP contribution in [0.5, 0.6) is 5.75 Å². The first-order valence-electron chi connectivity index (χ1n) is 9.41. The molecule has 0 aliphatic carbocycles. The van der Waals surface area contributed by atoms with Crippen LogP contribution in [0.1, 0.15) is 24.6 Å². The van der Waals surface area contributed by atoms with Gasteiger partial charge in [-0.3, -0.25) is 9.59 Å². The summed E-state index contributed by atoms with van der Waals surface area (Å²) in [6.07, 6.45) is 0.568. The van der Waals surface area contributed by atoms with Gasteiger partial charge < -0.3 is 15.0 Å². The van der Waals surface area contributed by atoms with Crippen molar-refractivity contribution in [1.29, 1.82) is 0 Å². The van der Waals surface area contributed by atoms with E-state index in [1.807, 2.05) is 12.1 Å². The third kappa shape index (κ3) is 4.12. The number of hydrogen-bond acceptors (Lipinski definition) is 6. The number of hydrogen-bond donors (Lipinski definition) is 1. The first-order chi connectivity index (χ1) is 13.8. The second-order valence-electron chi connectivity index (χ2n) is 7.27. The Kier molecular flexibility index (Phi) is 5.03. The van der Waals surface area contributed by atoms with Crippen LogP contribution in [0, 0.1) is 6.92 Å². The molecule has 10 heteroatoms. The zero-order valence-corrected chi connectivity index (χ0v) is 16.8. The number of para-hydroxylation sites is 2. The number of rotatable bonds is 5. The molecule has 0 saturated carbocycles. The summed E-state index contributed by atoms with van der Waals surface area (Å²) >= 11 is 0. The molecule has 0 spiro atoms. The Morgan fingerprint density at radius 1 is 1.34 bits per heavy atom. The van der Waals surface area contributed by atoms with Gasteiger partial charge in [-0.2, -0.15) is 5.10 Å². The smallest absolute Gasteiger partial charge is 0.265 e. The van der Waals surface area contributed by atoms with E-state index in [9.17, 15) is 18.0 Å². The molecule has 0 radical (unpaired) electrons. The number of amides is 2. The number of nitrogens with zero attached hydrogens (tertiary/aromatic N) is 3. The first-order valence-corrected chi connectivity index (χ1v) is 11.2. The Morgan fingerprint density at radius 2 is 2.14 bits per heavy atom. The highest BCUT2D eigenvalue weighted by molar-refractivity contribution is 7.91. The van der Waals surface area contributed by atoms with E-state index in [-0.39, 0.29) is 48.9 Å². The second kappa shape index (κ2) is 7.51. The summed E-state index contributed by atoms with van der Waals surface area (Å²) in [4.78, 5) is 26.3. The average molecular weight is 418 g/mol. The minimum atomic E-state index is -3.07. The molecule has 2 aliphatic rings. The number of anilines is 2. The maximum absolute atomic E-state index is 12.5. The lowest BCUT2D eigenvalue weighted by atomic mass is 10.2. The fourth-order valence-corrected chi connectivity index (χ4v) is 5.37. The zero-order valence-electron chi connectivity index (χ0n) is 16.0. The molecule has 1 N–H and O–H groups in total. The summed E-state index contributed by atoms with van der Waals surface area (Å²) in [5, 5.41) is 7.17. The van der Waals surface area contributed by atoms with Gasteiger partial charge in [0.25, 0.3) is 5.91 Å². The highest BCUT2D eigenvalue weighted by Crippen LogP contribution is 2.31. The van der Waals surface area contributed by atoms with Gasteiger partial charge in [0, 0.05) is 19.0 Å². The molecule has 1 unspecified atom stereocenters. The normalized spacial score (nSPS) is 20.2. The highest BCUT2D eigenvalue weighted by Gasteiger charge is 2.31. The Labute approximate surface area is 168 Å². The van der Waals surface area contributed by atoms with Gasteiger partial charge in [-0.15, -0.1) is 0 Å². The molecule has 2 aliphatic heterocycles. The van der Waals surface area contributed by atoms with E-state index >= 15 is 0 Å². The van der Waals surface area contributed by atoms with Crippen LogP contribution in [0.3, 0.4) is 0 Å². The first kappa shape index (κ1) is 19.4. The van der Waals surface area contributed by atoms with Crippen molar-refractivity contribution >= 4 is 33.2 Å². The molecular formula is C19H22N4O5S. The van der Waals surface area contributed by atoms with Crippen LogP contribution < -0.4 is 15.0 Å². The van der Waals surface area contributed by atoms with Crippen molar-refractivity contribution in [2.24, 2.45) is 0 Å². The maximum Gasteiger partial charge on any atom is 0.265 e. The van der Waals surface area contributed by atoms with E-state index in [4.69, 9.17) is 4.74 Å². The van der Waals surface area contributed by atoms with Crippen molar-refractivity contribution in [2.45, 2.75) is 25.8 Å². The van der Waals surface area contributed by atoms with Crippen LogP contribution in [0.15, 0.2) is 30.3 Å². The molecule has 1 aromatic heterocycles. The maximum atomic E-state index is 12.5. The van der Waals surface area contributed by atoms with Crippen LogP contribution in [-0.2, 0) is 19.4 Å². The van der Waals surface area contributed by atoms with Crippen LogP contribution >= 0.6 is 0 Å². The minimum absolute atomic E-state index is 0.0239. The fourth-order valence-electron chi connectivity index (χ4n) is 3.67. The molecule has 0 bridgehead atoms. The number of aryl methyl sites for hydroxylation is 1. The predicted molar refractivity (Wildman–Crippen MR) is 107 cm³/mol. The standard InChI is InChI=1S/C19H22N4O5S/c1-13-10-17(23(21-13)14-7-9-29(26,27)12-14)20-18(24)6-8-22-15-4-2-3-5-16(15)28-11-19(22)25/h2-5,10,14H,6-9,11-12H2,1H3,(H,20,24). The van der Waals surface area contributed by atoms with Gasteiger partial charge in [-0.25, -0.2) is 13.1 Å². The minimum Gasteiger partial charge on any atom is -0.482 e. The molecule has 2 aromatic rings. The van der Waals surface area contributed by atoms with Crippen molar-refractivity contribution < 1.29 is 22.7 Å². The molecule has 154 valence electrons. The van der Waals surface area contributed by atoms with E-state index in [2.05, 4.69) is 10.4 Å². The van der Waals surface area contributed by atoms with E-state index in [0.717, 1.165) is 0 Å². The van der Waals surface area contributed by atoms with E-state index in [1.54, 1.807) is 34.7 Å². The number of fused-ring (bicyclic) bond motifs is 1. The summed E-state index contributed by atoms with van der Waals surface area (Å²) in [6, 6.07) is 8.64. The summed E-state index contributed by atoms with van der Waals surface area (Å²) in [5.74, 6) is 0.766. The molecule has 1 atom stereocenters. The molecular weight excluding hydrogens is 396 g/mol. The van der Waals surface area contributed by atoms with Gasteiger partial charge in [0.15, 0.2) is 16.4 Å². The number of carbonyl (C=O) groups is 2. The van der Waals surface area contributed by atoms with E-state index < -0.39 is 9.84 Å². The third-order valence-electron chi connectivity index (χ3n) is 5.05. The predicted octanol–water partition coefficient (Wildman–Crippen LogP) is 1.31. The van der Waals surface area contributed by atoms with Gasteiger partial charge in [0.2, 0.25) is 5.91 Å². The molecule has 1 aromatic carbocycles. The molecule has 1 fully saturated rings. The number of aromatic nitrogens is 2. The zero-order chi connectivity index (χ0) is 20.6. The third-order valence-corrected chi connectivity index (χ3v) is 6.80. The van der Waals surface area contributed by atoms with Gasteiger partial charge in [-0.1, -0.05) is 12.1 Å². The molecule has 4 rings (SSSR count). The summed E-state index contributed by atoms with van der Waals surface area (Å²) < 4.78 is 30.6. The number of ether oxygens (including phenoxy) is 1. The fraction of sp³-hybridized carbons (Fsp3) is 0.421. The summed E-state index contributed by atoms with van der Waals surface area (Å²) in [7, 11) is -3.07. The Morgan fingerprint density at radius 3 is 2.90 bits per heavy atom. The van der Waals surface area contributed by atoms with E-state index in [1.165, 1.54) is 0 Å². The lowest BCUT2D eigenvalue weighted by Gasteiger charge is -2.29. The van der Waals surface area contributed by atoms with E-state index in [0.29, 0.717) is 29.4 Å². The Balaban J connectivity index is 1.43. The number of nitrogens with one attached hydrogen (secondary N) is 1. The van der Waals surface area contributed by atoms with Crippen LogP contribution in [0.25, 0.3) is 0 Å².